The number of anilines is 1. The highest BCUT2D eigenvalue weighted by atomic mass is 79.9. The lowest BCUT2D eigenvalue weighted by atomic mass is 10.1. The van der Waals surface area contributed by atoms with E-state index in [-0.39, 0.29) is 11.8 Å². The van der Waals surface area contributed by atoms with Crippen molar-refractivity contribution in [2.45, 2.75) is 6.42 Å². The number of rotatable bonds is 4. The van der Waals surface area contributed by atoms with Crippen LogP contribution < -0.4 is 5.32 Å². The van der Waals surface area contributed by atoms with E-state index in [0.717, 1.165) is 0 Å². The lowest BCUT2D eigenvalue weighted by Gasteiger charge is -2.15. The monoisotopic (exact) mass is 332 g/mol. The second-order valence-electron chi connectivity index (χ2n) is 3.88. The third-order valence-corrected chi connectivity index (χ3v) is 2.85. The van der Waals surface area contributed by atoms with E-state index in [0.29, 0.717) is 28.0 Å². The highest BCUT2D eigenvalue weighted by Gasteiger charge is 2.15. The highest BCUT2D eigenvalue weighted by molar-refractivity contribution is 9.09. The zero-order valence-corrected chi connectivity index (χ0v) is 12.5. The molecule has 0 aliphatic heterocycles. The SMILES string of the molecule is CN(C)C(=O)c1ccc(Cl)cc1NC(=O)CCBr. The summed E-state index contributed by atoms with van der Waals surface area (Å²) in [5.41, 5.74) is 0.861. The molecule has 0 saturated carbocycles. The Balaban J connectivity index is 3.04. The van der Waals surface area contributed by atoms with Gasteiger partial charge in [0, 0.05) is 30.9 Å². The number of amides is 2. The van der Waals surface area contributed by atoms with Gasteiger partial charge in [0.25, 0.3) is 5.91 Å². The molecular formula is C12H14BrClN2O2. The van der Waals surface area contributed by atoms with E-state index in [1.807, 2.05) is 0 Å². The Morgan fingerprint density at radius 1 is 1.39 bits per heavy atom. The van der Waals surface area contributed by atoms with Gasteiger partial charge in [-0.25, -0.2) is 0 Å². The maximum Gasteiger partial charge on any atom is 0.255 e. The molecule has 0 atom stereocenters. The normalized spacial score (nSPS) is 10.0. The first kappa shape index (κ1) is 15.0. The molecular weight excluding hydrogens is 320 g/mol. The van der Waals surface area contributed by atoms with E-state index in [9.17, 15) is 9.59 Å². The van der Waals surface area contributed by atoms with Gasteiger partial charge in [-0.15, -0.1) is 0 Å². The summed E-state index contributed by atoms with van der Waals surface area (Å²) in [6, 6.07) is 4.80. The predicted molar refractivity (Wildman–Crippen MR) is 76.5 cm³/mol. The Morgan fingerprint density at radius 2 is 2.06 bits per heavy atom. The second-order valence-corrected chi connectivity index (χ2v) is 5.11. The summed E-state index contributed by atoms with van der Waals surface area (Å²) in [6.45, 7) is 0. The quantitative estimate of drug-likeness (QED) is 0.861. The van der Waals surface area contributed by atoms with Crippen molar-refractivity contribution < 1.29 is 9.59 Å². The lowest BCUT2D eigenvalue weighted by molar-refractivity contribution is -0.115. The fourth-order valence-corrected chi connectivity index (χ4v) is 1.88. The van der Waals surface area contributed by atoms with Gasteiger partial charge in [-0.3, -0.25) is 9.59 Å². The summed E-state index contributed by atoms with van der Waals surface area (Å²) in [7, 11) is 3.31. The van der Waals surface area contributed by atoms with Gasteiger partial charge in [-0.2, -0.15) is 0 Å². The second kappa shape index (κ2) is 6.75. The van der Waals surface area contributed by atoms with E-state index in [1.54, 1.807) is 32.3 Å². The smallest absolute Gasteiger partial charge is 0.255 e. The molecule has 98 valence electrons. The average molecular weight is 334 g/mol. The Bertz CT molecular complexity index is 463. The molecule has 1 N–H and O–H groups in total. The maximum absolute atomic E-state index is 11.9. The molecule has 4 nitrogen and oxygen atoms in total. The molecule has 0 spiro atoms. The summed E-state index contributed by atoms with van der Waals surface area (Å²) >= 11 is 9.06. The topological polar surface area (TPSA) is 49.4 Å². The molecule has 6 heteroatoms. The third-order valence-electron chi connectivity index (χ3n) is 2.21. The van der Waals surface area contributed by atoms with Gasteiger partial charge in [0.2, 0.25) is 5.91 Å². The molecule has 1 aromatic rings. The summed E-state index contributed by atoms with van der Waals surface area (Å²) in [4.78, 5) is 24.9. The van der Waals surface area contributed by atoms with Crippen LogP contribution in [0.4, 0.5) is 5.69 Å². The van der Waals surface area contributed by atoms with Gasteiger partial charge in [0.05, 0.1) is 11.3 Å². The van der Waals surface area contributed by atoms with E-state index in [2.05, 4.69) is 21.2 Å². The Morgan fingerprint density at radius 3 is 2.61 bits per heavy atom. The molecule has 0 aliphatic rings. The standard InChI is InChI=1S/C12H14BrClN2O2/c1-16(2)12(18)9-4-3-8(14)7-10(9)15-11(17)5-6-13/h3-4,7H,5-6H2,1-2H3,(H,15,17). The highest BCUT2D eigenvalue weighted by Crippen LogP contribution is 2.22. The summed E-state index contributed by atoms with van der Waals surface area (Å²) in [5, 5.41) is 3.72. The maximum atomic E-state index is 11.9. The molecule has 1 rings (SSSR count). The molecule has 1 aromatic carbocycles. The molecule has 2 amide bonds. The molecule has 0 aliphatic carbocycles. The van der Waals surface area contributed by atoms with Crippen molar-refractivity contribution in [1.29, 1.82) is 0 Å². The van der Waals surface area contributed by atoms with Gasteiger partial charge in [0.1, 0.15) is 0 Å². The molecule has 0 heterocycles. The molecule has 0 fully saturated rings. The van der Waals surface area contributed by atoms with E-state index in [1.165, 1.54) is 4.90 Å². The lowest BCUT2D eigenvalue weighted by Crippen LogP contribution is -2.24. The first-order valence-electron chi connectivity index (χ1n) is 5.32. The number of nitrogens with one attached hydrogen (secondary N) is 1. The van der Waals surface area contributed by atoms with Crippen LogP contribution in [0, 0.1) is 0 Å². The van der Waals surface area contributed by atoms with E-state index >= 15 is 0 Å². The van der Waals surface area contributed by atoms with Gasteiger partial charge in [0.15, 0.2) is 0 Å². The number of halogens is 2. The van der Waals surface area contributed by atoms with Gasteiger partial charge >= 0.3 is 0 Å². The molecule has 0 bridgehead atoms. The van der Waals surface area contributed by atoms with Gasteiger partial charge < -0.3 is 10.2 Å². The minimum atomic E-state index is -0.180. The number of hydrogen-bond donors (Lipinski definition) is 1. The Labute approximate surface area is 119 Å². The van der Waals surface area contributed by atoms with Crippen LogP contribution in [0.25, 0.3) is 0 Å². The fourth-order valence-electron chi connectivity index (χ4n) is 1.35. The average Bonchev–Trinajstić information content (AvgIpc) is 2.28. The summed E-state index contributed by atoms with van der Waals surface area (Å²) in [5.74, 6) is -0.345. The third kappa shape index (κ3) is 3.99. The number of carbonyl (C=O) groups is 2. The van der Waals surface area contributed by atoms with Crippen LogP contribution in [0.2, 0.25) is 5.02 Å². The van der Waals surface area contributed by atoms with Crippen LogP contribution in [0.1, 0.15) is 16.8 Å². The van der Waals surface area contributed by atoms with Crippen molar-refractivity contribution in [3.8, 4) is 0 Å². The Hall–Kier alpha value is -1.07. The van der Waals surface area contributed by atoms with Crippen LogP contribution in [0.5, 0.6) is 0 Å². The molecule has 18 heavy (non-hydrogen) atoms. The van der Waals surface area contributed by atoms with Crippen LogP contribution >= 0.6 is 27.5 Å². The summed E-state index contributed by atoms with van der Waals surface area (Å²) < 4.78 is 0. The van der Waals surface area contributed by atoms with E-state index in [4.69, 9.17) is 11.6 Å². The zero-order valence-electron chi connectivity index (χ0n) is 10.2. The van der Waals surface area contributed by atoms with Crippen molar-refractivity contribution in [2.24, 2.45) is 0 Å². The number of nitrogens with zero attached hydrogens (tertiary/aromatic N) is 1. The first-order chi connectivity index (χ1) is 8.45. The largest absolute Gasteiger partial charge is 0.345 e. The van der Waals surface area contributed by atoms with Gasteiger partial charge in [-0.05, 0) is 18.2 Å². The number of alkyl halides is 1. The number of benzene rings is 1. The fraction of sp³-hybridized carbons (Fsp3) is 0.333. The molecule has 0 saturated heterocycles. The van der Waals surface area contributed by atoms with Gasteiger partial charge in [-0.1, -0.05) is 27.5 Å². The van der Waals surface area contributed by atoms with E-state index < -0.39 is 0 Å². The van der Waals surface area contributed by atoms with Crippen molar-refractivity contribution in [3.05, 3.63) is 28.8 Å². The van der Waals surface area contributed by atoms with Crippen molar-refractivity contribution in [3.63, 3.8) is 0 Å². The van der Waals surface area contributed by atoms with Crippen LogP contribution in [0.3, 0.4) is 0 Å². The minimum absolute atomic E-state index is 0.165. The molecule has 0 aromatic heterocycles. The number of carbonyl (C=O) groups excluding carboxylic acids is 2. The van der Waals surface area contributed by atoms with Crippen molar-refractivity contribution in [1.82, 2.24) is 4.90 Å². The van der Waals surface area contributed by atoms with Crippen molar-refractivity contribution >= 4 is 45.0 Å². The molecule has 0 radical (unpaired) electrons. The minimum Gasteiger partial charge on any atom is -0.345 e. The Kier molecular flexibility index (Phi) is 5.62. The zero-order chi connectivity index (χ0) is 13.7. The summed E-state index contributed by atoms with van der Waals surface area (Å²) in [6.07, 6.45) is 0.335. The van der Waals surface area contributed by atoms with Crippen molar-refractivity contribution in [2.75, 3.05) is 24.7 Å². The van der Waals surface area contributed by atoms with Crippen LogP contribution in [0.15, 0.2) is 18.2 Å². The van der Waals surface area contributed by atoms with Crippen LogP contribution in [-0.4, -0.2) is 36.1 Å². The number of hydrogen-bond acceptors (Lipinski definition) is 2. The predicted octanol–water partition coefficient (Wildman–Crippen LogP) is 2.77. The first-order valence-corrected chi connectivity index (χ1v) is 6.82. The van der Waals surface area contributed by atoms with Crippen LogP contribution in [-0.2, 0) is 4.79 Å². The molecule has 0 unspecified atom stereocenters.